The van der Waals surface area contributed by atoms with Crippen LogP contribution in [-0.2, 0) is 11.2 Å². The van der Waals surface area contributed by atoms with Crippen LogP contribution in [0.2, 0.25) is 0 Å². The summed E-state index contributed by atoms with van der Waals surface area (Å²) in [6, 6.07) is 7.99. The first-order valence-corrected chi connectivity index (χ1v) is 6.25. The molecule has 96 valence electrons. The lowest BCUT2D eigenvalue weighted by atomic mass is 9.94. The van der Waals surface area contributed by atoms with Gasteiger partial charge in [0.05, 0.1) is 7.11 Å². The number of hydrogen-bond donors (Lipinski definition) is 1. The lowest BCUT2D eigenvalue weighted by molar-refractivity contribution is -0.131. The Labute approximate surface area is 107 Å². The van der Waals surface area contributed by atoms with Crippen LogP contribution in [0.15, 0.2) is 35.9 Å². The van der Waals surface area contributed by atoms with E-state index in [0.29, 0.717) is 5.92 Å². The van der Waals surface area contributed by atoms with Crippen molar-refractivity contribution < 1.29 is 14.6 Å². The lowest BCUT2D eigenvalue weighted by Gasteiger charge is -2.12. The molecule has 0 aliphatic heterocycles. The van der Waals surface area contributed by atoms with E-state index in [-0.39, 0.29) is 0 Å². The molecule has 0 heterocycles. The van der Waals surface area contributed by atoms with Crippen molar-refractivity contribution >= 4 is 5.97 Å². The first-order valence-electron chi connectivity index (χ1n) is 6.25. The van der Waals surface area contributed by atoms with Gasteiger partial charge in [0.2, 0.25) is 0 Å². The first-order chi connectivity index (χ1) is 8.69. The Morgan fingerprint density at radius 1 is 1.56 bits per heavy atom. The Balaban J connectivity index is 2.10. The molecule has 18 heavy (non-hydrogen) atoms. The molecule has 0 radical (unpaired) electrons. The summed E-state index contributed by atoms with van der Waals surface area (Å²) in [5.74, 6) is 0.394. The highest BCUT2D eigenvalue weighted by Crippen LogP contribution is 2.34. The summed E-state index contributed by atoms with van der Waals surface area (Å²) in [4.78, 5) is 10.8. The molecule has 1 fully saturated rings. The summed E-state index contributed by atoms with van der Waals surface area (Å²) in [5.41, 5.74) is 2.28. The number of benzene rings is 1. The van der Waals surface area contributed by atoms with Crippen LogP contribution in [0.25, 0.3) is 0 Å². The molecule has 0 aromatic heterocycles. The van der Waals surface area contributed by atoms with Crippen molar-refractivity contribution in [3.05, 3.63) is 41.5 Å². The number of carboxylic acids is 1. The van der Waals surface area contributed by atoms with Crippen molar-refractivity contribution in [1.29, 1.82) is 0 Å². The van der Waals surface area contributed by atoms with Gasteiger partial charge in [0.25, 0.3) is 0 Å². The Morgan fingerprint density at radius 3 is 3.11 bits per heavy atom. The molecule has 0 saturated heterocycles. The Kier molecular flexibility index (Phi) is 4.03. The van der Waals surface area contributed by atoms with Crippen LogP contribution in [0.4, 0.5) is 0 Å². The van der Waals surface area contributed by atoms with E-state index in [1.54, 1.807) is 7.11 Å². The highest BCUT2D eigenvalue weighted by atomic mass is 16.5. The molecule has 1 aromatic carbocycles. The van der Waals surface area contributed by atoms with Crippen molar-refractivity contribution in [3.8, 4) is 5.75 Å². The quantitative estimate of drug-likeness (QED) is 0.830. The minimum atomic E-state index is -0.831. The van der Waals surface area contributed by atoms with Gasteiger partial charge in [0, 0.05) is 6.08 Å². The van der Waals surface area contributed by atoms with E-state index in [9.17, 15) is 4.79 Å². The Morgan fingerprint density at radius 2 is 2.39 bits per heavy atom. The van der Waals surface area contributed by atoms with Crippen molar-refractivity contribution in [2.45, 2.75) is 25.7 Å². The normalized spacial score (nSPS) is 21.2. The van der Waals surface area contributed by atoms with Gasteiger partial charge in [0.15, 0.2) is 0 Å². The number of allylic oxidation sites excluding steroid dienone is 1. The Bertz CT molecular complexity index is 463. The predicted octanol–water partition coefficient (Wildman–Crippen LogP) is 3.05. The van der Waals surface area contributed by atoms with Gasteiger partial charge >= 0.3 is 5.97 Å². The molecule has 3 nitrogen and oxygen atoms in total. The third-order valence-corrected chi connectivity index (χ3v) is 3.47. The smallest absolute Gasteiger partial charge is 0.328 e. The molecule has 1 aliphatic carbocycles. The van der Waals surface area contributed by atoms with Gasteiger partial charge in [-0.25, -0.2) is 4.79 Å². The van der Waals surface area contributed by atoms with E-state index >= 15 is 0 Å². The van der Waals surface area contributed by atoms with E-state index < -0.39 is 5.97 Å². The predicted molar refractivity (Wildman–Crippen MR) is 69.8 cm³/mol. The summed E-state index contributed by atoms with van der Waals surface area (Å²) < 4.78 is 5.20. The van der Waals surface area contributed by atoms with Crippen LogP contribution in [0.1, 0.15) is 24.8 Å². The molecule has 1 saturated carbocycles. The summed E-state index contributed by atoms with van der Waals surface area (Å²) in [6.07, 6.45) is 5.37. The highest BCUT2D eigenvalue weighted by Gasteiger charge is 2.22. The van der Waals surface area contributed by atoms with Crippen LogP contribution < -0.4 is 4.74 Å². The van der Waals surface area contributed by atoms with Gasteiger partial charge in [0.1, 0.15) is 5.75 Å². The third-order valence-electron chi connectivity index (χ3n) is 3.47. The SMILES string of the molecule is COc1cccc(CC2CCC/C2=C\C(=O)O)c1. The molecular weight excluding hydrogens is 228 g/mol. The van der Waals surface area contributed by atoms with Gasteiger partial charge in [-0.05, 0) is 49.3 Å². The second-order valence-corrected chi connectivity index (χ2v) is 4.70. The molecule has 0 bridgehead atoms. The fourth-order valence-electron chi connectivity index (χ4n) is 2.61. The average molecular weight is 246 g/mol. The molecule has 1 aliphatic rings. The molecule has 1 unspecified atom stereocenters. The maximum Gasteiger partial charge on any atom is 0.328 e. The second-order valence-electron chi connectivity index (χ2n) is 4.70. The van der Waals surface area contributed by atoms with Crippen LogP contribution in [0.5, 0.6) is 5.75 Å². The number of aliphatic carboxylic acids is 1. The number of hydrogen-bond acceptors (Lipinski definition) is 2. The van der Waals surface area contributed by atoms with Crippen molar-refractivity contribution in [1.82, 2.24) is 0 Å². The van der Waals surface area contributed by atoms with Crippen LogP contribution in [0.3, 0.4) is 0 Å². The first kappa shape index (κ1) is 12.7. The number of carboxylic acid groups (broad SMARTS) is 1. The van der Waals surface area contributed by atoms with Crippen LogP contribution >= 0.6 is 0 Å². The van der Waals surface area contributed by atoms with E-state index in [1.165, 1.54) is 11.6 Å². The minimum Gasteiger partial charge on any atom is -0.497 e. The monoisotopic (exact) mass is 246 g/mol. The largest absolute Gasteiger partial charge is 0.497 e. The Hall–Kier alpha value is -1.77. The maximum atomic E-state index is 10.8. The molecule has 1 aromatic rings. The summed E-state index contributed by atoms with van der Waals surface area (Å²) in [6.45, 7) is 0. The number of ether oxygens (including phenoxy) is 1. The fraction of sp³-hybridized carbons (Fsp3) is 0.400. The minimum absolute atomic E-state index is 0.369. The maximum absolute atomic E-state index is 10.8. The van der Waals surface area contributed by atoms with Crippen molar-refractivity contribution in [2.75, 3.05) is 7.11 Å². The van der Waals surface area contributed by atoms with Gasteiger partial charge in [-0.1, -0.05) is 17.7 Å². The van der Waals surface area contributed by atoms with Crippen LogP contribution in [-0.4, -0.2) is 18.2 Å². The molecule has 2 rings (SSSR count). The van der Waals surface area contributed by atoms with Gasteiger partial charge < -0.3 is 9.84 Å². The van der Waals surface area contributed by atoms with E-state index in [0.717, 1.165) is 37.0 Å². The standard InChI is InChI=1S/C15H18O3/c1-18-14-7-2-4-11(9-14)8-12-5-3-6-13(12)10-15(16)17/h2,4,7,9-10,12H,3,5-6,8H2,1H3,(H,16,17)/b13-10+. The highest BCUT2D eigenvalue weighted by molar-refractivity contribution is 5.80. The van der Waals surface area contributed by atoms with Gasteiger partial charge in [-0.15, -0.1) is 0 Å². The summed E-state index contributed by atoms with van der Waals surface area (Å²) in [7, 11) is 1.66. The van der Waals surface area contributed by atoms with E-state index in [2.05, 4.69) is 6.07 Å². The molecule has 1 atom stereocenters. The number of methoxy groups -OCH3 is 1. The molecule has 1 N–H and O–H groups in total. The van der Waals surface area contributed by atoms with E-state index in [1.807, 2.05) is 18.2 Å². The van der Waals surface area contributed by atoms with Gasteiger partial charge in [-0.2, -0.15) is 0 Å². The molecule has 0 spiro atoms. The fourth-order valence-corrected chi connectivity index (χ4v) is 2.61. The zero-order valence-electron chi connectivity index (χ0n) is 10.6. The summed E-state index contributed by atoms with van der Waals surface area (Å²) >= 11 is 0. The zero-order chi connectivity index (χ0) is 13.0. The van der Waals surface area contributed by atoms with E-state index in [4.69, 9.17) is 9.84 Å². The number of carbonyl (C=O) groups is 1. The molecule has 3 heteroatoms. The van der Waals surface area contributed by atoms with Gasteiger partial charge in [-0.3, -0.25) is 0 Å². The third kappa shape index (κ3) is 3.13. The average Bonchev–Trinajstić information content (AvgIpc) is 2.76. The topological polar surface area (TPSA) is 46.5 Å². The second kappa shape index (κ2) is 5.71. The summed E-state index contributed by atoms with van der Waals surface area (Å²) in [5, 5.41) is 8.84. The zero-order valence-corrected chi connectivity index (χ0v) is 10.6. The van der Waals surface area contributed by atoms with Crippen LogP contribution in [0, 0.1) is 5.92 Å². The number of rotatable bonds is 4. The lowest BCUT2D eigenvalue weighted by Crippen LogP contribution is -2.04. The molecule has 0 amide bonds. The molecular formula is C15H18O3. The van der Waals surface area contributed by atoms with Crippen molar-refractivity contribution in [2.24, 2.45) is 5.92 Å². The van der Waals surface area contributed by atoms with Crippen molar-refractivity contribution in [3.63, 3.8) is 0 Å².